The fourth-order valence-corrected chi connectivity index (χ4v) is 1.75. The lowest BCUT2D eigenvalue weighted by atomic mass is 10.2. The molecule has 1 aromatic heterocycles. The highest BCUT2D eigenvalue weighted by Crippen LogP contribution is 2.23. The number of esters is 1. The minimum absolute atomic E-state index is 0.222. The van der Waals surface area contributed by atoms with E-state index in [1.807, 2.05) is 24.3 Å². The van der Waals surface area contributed by atoms with Gasteiger partial charge in [0.25, 0.3) is 0 Å². The van der Waals surface area contributed by atoms with Crippen LogP contribution in [0.4, 0.5) is 0 Å². The molecule has 1 aromatic carbocycles. The van der Waals surface area contributed by atoms with E-state index >= 15 is 0 Å². The van der Waals surface area contributed by atoms with E-state index in [2.05, 4.69) is 4.98 Å². The van der Waals surface area contributed by atoms with Crippen molar-refractivity contribution in [3.63, 3.8) is 0 Å². The Balaban J connectivity index is 2.09. The van der Waals surface area contributed by atoms with Crippen LogP contribution in [0.25, 0.3) is 10.9 Å². The van der Waals surface area contributed by atoms with Gasteiger partial charge in [-0.1, -0.05) is 12.1 Å². The van der Waals surface area contributed by atoms with E-state index < -0.39 is 0 Å². The maximum Gasteiger partial charge on any atom is 0.311 e. The second kappa shape index (κ2) is 6.12. The SMILES string of the molecule is NCCCCC(=O)Oc1ccnc2ccccc12. The Labute approximate surface area is 106 Å². The predicted molar refractivity (Wildman–Crippen MR) is 70.3 cm³/mol. The summed E-state index contributed by atoms with van der Waals surface area (Å²) < 4.78 is 5.35. The summed E-state index contributed by atoms with van der Waals surface area (Å²) in [6, 6.07) is 9.30. The molecule has 0 aliphatic heterocycles. The highest BCUT2D eigenvalue weighted by molar-refractivity contribution is 5.87. The molecule has 0 saturated heterocycles. The van der Waals surface area contributed by atoms with Crippen LogP contribution < -0.4 is 10.5 Å². The molecular weight excluding hydrogens is 228 g/mol. The number of unbranched alkanes of at least 4 members (excludes halogenated alkanes) is 1. The molecule has 0 spiro atoms. The summed E-state index contributed by atoms with van der Waals surface area (Å²) in [5.41, 5.74) is 6.21. The number of aromatic nitrogens is 1. The van der Waals surface area contributed by atoms with Crippen LogP contribution in [0.2, 0.25) is 0 Å². The molecule has 2 N–H and O–H groups in total. The van der Waals surface area contributed by atoms with E-state index in [4.69, 9.17) is 10.5 Å². The van der Waals surface area contributed by atoms with Gasteiger partial charge in [0.05, 0.1) is 5.52 Å². The van der Waals surface area contributed by atoms with Gasteiger partial charge in [0.2, 0.25) is 0 Å². The first-order valence-electron chi connectivity index (χ1n) is 6.06. The van der Waals surface area contributed by atoms with Crippen LogP contribution in [0.5, 0.6) is 5.75 Å². The number of rotatable bonds is 5. The topological polar surface area (TPSA) is 65.2 Å². The highest BCUT2D eigenvalue weighted by atomic mass is 16.5. The maximum atomic E-state index is 11.6. The molecule has 4 nitrogen and oxygen atoms in total. The standard InChI is InChI=1S/C14H16N2O2/c15-9-4-3-7-14(17)18-13-8-10-16-12-6-2-1-5-11(12)13/h1-2,5-6,8,10H,3-4,7,9,15H2. The van der Waals surface area contributed by atoms with E-state index in [0.29, 0.717) is 18.7 Å². The van der Waals surface area contributed by atoms with Crippen LogP contribution in [0, 0.1) is 0 Å². The Morgan fingerprint density at radius 3 is 2.89 bits per heavy atom. The van der Waals surface area contributed by atoms with Crippen LogP contribution in [-0.4, -0.2) is 17.5 Å². The lowest BCUT2D eigenvalue weighted by Crippen LogP contribution is -2.09. The summed E-state index contributed by atoms with van der Waals surface area (Å²) in [6.07, 6.45) is 3.64. The molecule has 0 saturated carbocycles. The van der Waals surface area contributed by atoms with Gasteiger partial charge >= 0.3 is 5.97 Å². The van der Waals surface area contributed by atoms with Gasteiger partial charge < -0.3 is 10.5 Å². The minimum Gasteiger partial charge on any atom is -0.426 e. The molecule has 4 heteroatoms. The number of nitrogens with zero attached hydrogens (tertiary/aromatic N) is 1. The number of pyridine rings is 1. The first-order chi connectivity index (χ1) is 8.81. The van der Waals surface area contributed by atoms with Gasteiger partial charge in [-0.05, 0) is 37.6 Å². The third-order valence-electron chi connectivity index (χ3n) is 2.67. The normalized spacial score (nSPS) is 10.5. The smallest absolute Gasteiger partial charge is 0.311 e. The summed E-state index contributed by atoms with van der Waals surface area (Å²) in [5.74, 6) is 0.346. The zero-order chi connectivity index (χ0) is 12.8. The fraction of sp³-hybridized carbons (Fsp3) is 0.286. The number of carbonyl (C=O) groups excluding carboxylic acids is 1. The number of ether oxygens (including phenoxy) is 1. The van der Waals surface area contributed by atoms with Crippen molar-refractivity contribution in [2.45, 2.75) is 19.3 Å². The molecule has 94 valence electrons. The third kappa shape index (κ3) is 3.05. The molecule has 0 fully saturated rings. The van der Waals surface area contributed by atoms with E-state index in [-0.39, 0.29) is 5.97 Å². The molecule has 0 atom stereocenters. The minimum atomic E-state index is -0.222. The molecule has 1 heterocycles. The van der Waals surface area contributed by atoms with Crippen molar-refractivity contribution in [3.8, 4) is 5.75 Å². The summed E-state index contributed by atoms with van der Waals surface area (Å²) in [5, 5.41) is 0.854. The summed E-state index contributed by atoms with van der Waals surface area (Å²) in [4.78, 5) is 15.9. The van der Waals surface area contributed by atoms with Gasteiger partial charge in [0.15, 0.2) is 0 Å². The molecule has 2 rings (SSSR count). The number of para-hydroxylation sites is 1. The number of hydrogen-bond donors (Lipinski definition) is 1. The number of carbonyl (C=O) groups is 1. The average Bonchev–Trinajstić information content (AvgIpc) is 2.39. The zero-order valence-electron chi connectivity index (χ0n) is 10.1. The Bertz CT molecular complexity index is 535. The molecular formula is C14H16N2O2. The van der Waals surface area contributed by atoms with Crippen molar-refractivity contribution in [2.75, 3.05) is 6.54 Å². The second-order valence-corrected chi connectivity index (χ2v) is 4.05. The van der Waals surface area contributed by atoms with Gasteiger partial charge in [0, 0.05) is 18.0 Å². The largest absolute Gasteiger partial charge is 0.426 e. The average molecular weight is 244 g/mol. The number of benzene rings is 1. The quantitative estimate of drug-likeness (QED) is 0.647. The molecule has 0 aliphatic carbocycles. The van der Waals surface area contributed by atoms with Crippen molar-refractivity contribution in [1.29, 1.82) is 0 Å². The lowest BCUT2D eigenvalue weighted by Gasteiger charge is -2.06. The molecule has 0 unspecified atom stereocenters. The molecule has 0 aliphatic rings. The van der Waals surface area contributed by atoms with Crippen molar-refractivity contribution in [2.24, 2.45) is 5.73 Å². The van der Waals surface area contributed by atoms with Crippen molar-refractivity contribution >= 4 is 16.9 Å². The zero-order valence-corrected chi connectivity index (χ0v) is 10.1. The first kappa shape index (κ1) is 12.5. The fourth-order valence-electron chi connectivity index (χ4n) is 1.75. The van der Waals surface area contributed by atoms with Gasteiger partial charge in [-0.25, -0.2) is 0 Å². The first-order valence-corrected chi connectivity index (χ1v) is 6.06. The number of nitrogens with two attached hydrogens (primary N) is 1. The molecule has 0 amide bonds. The van der Waals surface area contributed by atoms with Crippen LogP contribution in [0.15, 0.2) is 36.5 Å². The Morgan fingerprint density at radius 2 is 2.06 bits per heavy atom. The van der Waals surface area contributed by atoms with Gasteiger partial charge in [-0.15, -0.1) is 0 Å². The summed E-state index contributed by atoms with van der Waals surface area (Å²) in [6.45, 7) is 0.603. The number of hydrogen-bond acceptors (Lipinski definition) is 4. The van der Waals surface area contributed by atoms with E-state index in [9.17, 15) is 4.79 Å². The summed E-state index contributed by atoms with van der Waals surface area (Å²) in [7, 11) is 0. The molecule has 0 radical (unpaired) electrons. The van der Waals surface area contributed by atoms with Crippen molar-refractivity contribution in [3.05, 3.63) is 36.5 Å². The van der Waals surface area contributed by atoms with Gasteiger partial charge in [-0.2, -0.15) is 0 Å². The van der Waals surface area contributed by atoms with Crippen molar-refractivity contribution in [1.82, 2.24) is 4.98 Å². The van der Waals surface area contributed by atoms with E-state index in [1.165, 1.54) is 0 Å². The molecule has 18 heavy (non-hydrogen) atoms. The lowest BCUT2D eigenvalue weighted by molar-refractivity contribution is -0.134. The van der Waals surface area contributed by atoms with Crippen LogP contribution in [0.3, 0.4) is 0 Å². The second-order valence-electron chi connectivity index (χ2n) is 4.05. The monoisotopic (exact) mass is 244 g/mol. The maximum absolute atomic E-state index is 11.6. The van der Waals surface area contributed by atoms with Gasteiger partial charge in [0.1, 0.15) is 5.75 Å². The van der Waals surface area contributed by atoms with E-state index in [1.54, 1.807) is 12.3 Å². The molecule has 2 aromatic rings. The predicted octanol–water partition coefficient (Wildman–Crippen LogP) is 2.27. The van der Waals surface area contributed by atoms with E-state index in [0.717, 1.165) is 23.7 Å². The van der Waals surface area contributed by atoms with Crippen LogP contribution >= 0.6 is 0 Å². The van der Waals surface area contributed by atoms with Crippen molar-refractivity contribution < 1.29 is 9.53 Å². The molecule has 0 bridgehead atoms. The van der Waals surface area contributed by atoms with Crippen LogP contribution in [-0.2, 0) is 4.79 Å². The number of fused-ring (bicyclic) bond motifs is 1. The van der Waals surface area contributed by atoms with Crippen LogP contribution in [0.1, 0.15) is 19.3 Å². The third-order valence-corrected chi connectivity index (χ3v) is 2.67. The Hall–Kier alpha value is -1.94. The Morgan fingerprint density at radius 1 is 1.22 bits per heavy atom. The summed E-state index contributed by atoms with van der Waals surface area (Å²) >= 11 is 0. The van der Waals surface area contributed by atoms with Gasteiger partial charge in [-0.3, -0.25) is 9.78 Å². The Kier molecular flexibility index (Phi) is 4.25. The highest BCUT2D eigenvalue weighted by Gasteiger charge is 2.07.